The summed E-state index contributed by atoms with van der Waals surface area (Å²) in [7, 11) is 0. The standard InChI is InChI=1S/C17H18ClNO6S/c1-4-24-12-6-10(5-11(18)15(12)21)7-13-16(22)19(17(23)26-13)8-14(20)25-9(2)3/h5-7,9,21H,4,8H2,1-3H3/b13-7-. The molecule has 0 radical (unpaired) electrons. The van der Waals surface area contributed by atoms with Crippen molar-refractivity contribution >= 4 is 46.6 Å². The second-order valence-electron chi connectivity index (χ2n) is 5.59. The van der Waals surface area contributed by atoms with E-state index < -0.39 is 23.7 Å². The molecule has 0 aliphatic carbocycles. The van der Waals surface area contributed by atoms with Crippen LogP contribution in [0.25, 0.3) is 6.08 Å². The number of nitrogens with zero attached hydrogens (tertiary/aromatic N) is 1. The highest BCUT2D eigenvalue weighted by Crippen LogP contribution is 2.38. The number of aromatic hydroxyl groups is 1. The van der Waals surface area contributed by atoms with Gasteiger partial charge in [0.1, 0.15) is 6.54 Å². The molecule has 0 aromatic heterocycles. The first-order chi connectivity index (χ1) is 12.2. The topological polar surface area (TPSA) is 93.1 Å². The fourth-order valence-electron chi connectivity index (χ4n) is 2.16. The number of ether oxygens (including phenoxy) is 2. The van der Waals surface area contributed by atoms with Crippen LogP contribution in [0.15, 0.2) is 17.0 Å². The van der Waals surface area contributed by atoms with Crippen LogP contribution in [-0.4, -0.2) is 46.4 Å². The Bertz CT molecular complexity index is 777. The Morgan fingerprint density at radius 3 is 2.69 bits per heavy atom. The van der Waals surface area contributed by atoms with Gasteiger partial charge >= 0.3 is 5.97 Å². The maximum Gasteiger partial charge on any atom is 0.326 e. The number of carbonyl (C=O) groups excluding carboxylic acids is 3. The molecule has 2 rings (SSSR count). The van der Waals surface area contributed by atoms with Crippen molar-refractivity contribution in [2.45, 2.75) is 26.9 Å². The minimum atomic E-state index is -0.658. The monoisotopic (exact) mass is 399 g/mol. The third-order valence-corrected chi connectivity index (χ3v) is 4.37. The first kappa shape index (κ1) is 20.1. The number of amides is 2. The summed E-state index contributed by atoms with van der Waals surface area (Å²) in [5.41, 5.74) is 0.478. The summed E-state index contributed by atoms with van der Waals surface area (Å²) in [5, 5.41) is 9.36. The van der Waals surface area contributed by atoms with Gasteiger partial charge in [0, 0.05) is 0 Å². The Kier molecular flexibility index (Phi) is 6.55. The Morgan fingerprint density at radius 2 is 2.08 bits per heavy atom. The van der Waals surface area contributed by atoms with Crippen LogP contribution in [0.5, 0.6) is 11.5 Å². The molecule has 7 nitrogen and oxygen atoms in total. The fraction of sp³-hybridized carbons (Fsp3) is 0.353. The number of hydrogen-bond donors (Lipinski definition) is 1. The van der Waals surface area contributed by atoms with Gasteiger partial charge in [0.05, 0.1) is 22.6 Å². The molecule has 9 heteroatoms. The molecule has 1 aliphatic heterocycles. The van der Waals surface area contributed by atoms with Crippen molar-refractivity contribution in [1.29, 1.82) is 0 Å². The van der Waals surface area contributed by atoms with E-state index in [0.29, 0.717) is 23.9 Å². The van der Waals surface area contributed by atoms with E-state index in [1.54, 1.807) is 20.8 Å². The summed E-state index contributed by atoms with van der Waals surface area (Å²) in [5.74, 6) is -1.28. The maximum atomic E-state index is 12.4. The van der Waals surface area contributed by atoms with E-state index in [-0.39, 0.29) is 27.5 Å². The maximum absolute atomic E-state index is 12.4. The molecule has 1 fully saturated rings. The fourth-order valence-corrected chi connectivity index (χ4v) is 3.22. The normalized spacial score (nSPS) is 15.9. The number of esters is 1. The van der Waals surface area contributed by atoms with E-state index in [1.807, 2.05) is 0 Å². The van der Waals surface area contributed by atoms with Crippen LogP contribution in [0.4, 0.5) is 4.79 Å². The first-order valence-corrected chi connectivity index (χ1v) is 9.02. The molecule has 0 atom stereocenters. The number of phenolic OH excluding ortho intramolecular Hbond substituents is 1. The van der Waals surface area contributed by atoms with Crippen molar-refractivity contribution in [3.63, 3.8) is 0 Å². The number of halogens is 1. The molecule has 0 unspecified atom stereocenters. The lowest BCUT2D eigenvalue weighted by molar-refractivity contribution is -0.149. The lowest BCUT2D eigenvalue weighted by atomic mass is 10.2. The summed E-state index contributed by atoms with van der Waals surface area (Å²) in [6.07, 6.45) is 1.11. The molecular formula is C17H18ClNO6S. The molecule has 0 saturated carbocycles. The molecular weight excluding hydrogens is 382 g/mol. The van der Waals surface area contributed by atoms with Gasteiger partial charge in [-0.15, -0.1) is 0 Å². The molecule has 1 saturated heterocycles. The molecule has 1 heterocycles. The van der Waals surface area contributed by atoms with Crippen LogP contribution in [0.1, 0.15) is 26.3 Å². The summed E-state index contributed by atoms with van der Waals surface area (Å²) in [6, 6.07) is 2.95. The second kappa shape index (κ2) is 8.46. The number of thioether (sulfide) groups is 1. The van der Waals surface area contributed by atoms with Gasteiger partial charge in [-0.1, -0.05) is 11.6 Å². The minimum Gasteiger partial charge on any atom is -0.503 e. The highest BCUT2D eigenvalue weighted by Gasteiger charge is 2.36. The highest BCUT2D eigenvalue weighted by molar-refractivity contribution is 8.18. The molecule has 0 spiro atoms. The number of rotatable bonds is 6. The van der Waals surface area contributed by atoms with Gasteiger partial charge in [-0.3, -0.25) is 19.3 Å². The van der Waals surface area contributed by atoms with Gasteiger partial charge in [0.25, 0.3) is 11.1 Å². The first-order valence-electron chi connectivity index (χ1n) is 7.83. The van der Waals surface area contributed by atoms with Gasteiger partial charge < -0.3 is 14.6 Å². The van der Waals surface area contributed by atoms with Gasteiger partial charge in [0.15, 0.2) is 11.5 Å². The van der Waals surface area contributed by atoms with Gasteiger partial charge in [0.2, 0.25) is 0 Å². The SMILES string of the molecule is CCOc1cc(/C=C2\SC(=O)N(CC(=O)OC(C)C)C2=O)cc(Cl)c1O. The minimum absolute atomic E-state index is 0.0574. The van der Waals surface area contributed by atoms with Crippen molar-refractivity contribution in [1.82, 2.24) is 4.90 Å². The third-order valence-electron chi connectivity index (χ3n) is 3.18. The summed E-state index contributed by atoms with van der Waals surface area (Å²) < 4.78 is 10.2. The largest absolute Gasteiger partial charge is 0.503 e. The number of benzene rings is 1. The summed E-state index contributed by atoms with van der Waals surface area (Å²) in [4.78, 5) is 37.1. The predicted octanol–water partition coefficient (Wildman–Crippen LogP) is 3.43. The number of imide groups is 1. The zero-order chi connectivity index (χ0) is 19.4. The van der Waals surface area contributed by atoms with Crippen LogP contribution in [-0.2, 0) is 14.3 Å². The number of phenols is 1. The summed E-state index contributed by atoms with van der Waals surface area (Å²) in [6.45, 7) is 4.98. The van der Waals surface area contributed by atoms with Crippen molar-refractivity contribution < 1.29 is 29.0 Å². The average molecular weight is 400 g/mol. The summed E-state index contributed by atoms with van der Waals surface area (Å²) >= 11 is 6.67. The molecule has 140 valence electrons. The zero-order valence-electron chi connectivity index (χ0n) is 14.4. The Labute approximate surface area is 159 Å². The van der Waals surface area contributed by atoms with Gasteiger partial charge in [-0.2, -0.15) is 0 Å². The Morgan fingerprint density at radius 1 is 1.38 bits per heavy atom. The molecule has 26 heavy (non-hydrogen) atoms. The Balaban J connectivity index is 2.23. The van der Waals surface area contributed by atoms with Gasteiger partial charge in [-0.25, -0.2) is 0 Å². The van der Waals surface area contributed by atoms with Crippen LogP contribution in [0.3, 0.4) is 0 Å². The molecule has 1 N–H and O–H groups in total. The number of carbonyl (C=O) groups is 3. The third kappa shape index (κ3) is 4.70. The van der Waals surface area contributed by atoms with E-state index in [0.717, 1.165) is 4.90 Å². The zero-order valence-corrected chi connectivity index (χ0v) is 16.0. The number of hydrogen-bond acceptors (Lipinski definition) is 7. The second-order valence-corrected chi connectivity index (χ2v) is 6.99. The van der Waals surface area contributed by atoms with Gasteiger partial charge in [-0.05, 0) is 56.3 Å². The van der Waals surface area contributed by atoms with E-state index >= 15 is 0 Å². The quantitative estimate of drug-likeness (QED) is 0.578. The Hall–Kier alpha value is -2.19. The molecule has 2 amide bonds. The van der Waals surface area contributed by atoms with Crippen LogP contribution in [0.2, 0.25) is 5.02 Å². The van der Waals surface area contributed by atoms with E-state index in [1.165, 1.54) is 18.2 Å². The van der Waals surface area contributed by atoms with Crippen LogP contribution < -0.4 is 4.74 Å². The lowest BCUT2D eigenvalue weighted by Crippen LogP contribution is -2.35. The van der Waals surface area contributed by atoms with Crippen molar-refractivity contribution in [3.8, 4) is 11.5 Å². The van der Waals surface area contributed by atoms with E-state index in [2.05, 4.69) is 0 Å². The van der Waals surface area contributed by atoms with Crippen molar-refractivity contribution in [3.05, 3.63) is 27.6 Å². The molecule has 1 aromatic rings. The lowest BCUT2D eigenvalue weighted by Gasteiger charge is -2.13. The molecule has 1 aromatic carbocycles. The molecule has 0 bridgehead atoms. The van der Waals surface area contributed by atoms with Crippen molar-refractivity contribution in [2.75, 3.05) is 13.2 Å². The smallest absolute Gasteiger partial charge is 0.326 e. The average Bonchev–Trinajstić information content (AvgIpc) is 2.79. The van der Waals surface area contributed by atoms with Crippen LogP contribution in [0, 0.1) is 0 Å². The van der Waals surface area contributed by atoms with E-state index in [4.69, 9.17) is 21.1 Å². The highest BCUT2D eigenvalue weighted by atomic mass is 35.5. The molecule has 1 aliphatic rings. The van der Waals surface area contributed by atoms with Crippen LogP contribution >= 0.6 is 23.4 Å². The predicted molar refractivity (Wildman–Crippen MR) is 98.2 cm³/mol. The van der Waals surface area contributed by atoms with Crippen molar-refractivity contribution in [2.24, 2.45) is 0 Å². The van der Waals surface area contributed by atoms with E-state index in [9.17, 15) is 19.5 Å².